The zero-order valence-corrected chi connectivity index (χ0v) is 11.4. The van der Waals surface area contributed by atoms with Crippen molar-refractivity contribution >= 4 is 29.0 Å². The maximum atomic E-state index is 12.3. The summed E-state index contributed by atoms with van der Waals surface area (Å²) in [5, 5.41) is 0.928. The van der Waals surface area contributed by atoms with Crippen LogP contribution in [0.5, 0.6) is 0 Å². The topological polar surface area (TPSA) is 17.1 Å². The Hall–Kier alpha value is -1.31. The lowest BCUT2D eigenvalue weighted by atomic mass is 10.0. The molecule has 0 N–H and O–H groups in total. The number of rotatable bonds is 3. The largest absolute Gasteiger partial charge is 0.289 e. The molecule has 0 atom stereocenters. The first kappa shape index (κ1) is 13.1. The van der Waals surface area contributed by atoms with E-state index in [0.717, 1.165) is 6.42 Å². The molecule has 3 heteroatoms. The Morgan fingerprint density at radius 3 is 2.33 bits per heavy atom. The highest BCUT2D eigenvalue weighted by atomic mass is 35.5. The lowest BCUT2D eigenvalue weighted by Crippen LogP contribution is -2.02. The van der Waals surface area contributed by atoms with E-state index in [1.54, 1.807) is 18.2 Å². The van der Waals surface area contributed by atoms with Crippen LogP contribution in [0.3, 0.4) is 0 Å². The number of carbonyl (C=O) groups is 1. The molecule has 0 amide bonds. The lowest BCUT2D eigenvalue weighted by Gasteiger charge is -2.05. The Morgan fingerprint density at radius 2 is 1.72 bits per heavy atom. The van der Waals surface area contributed by atoms with E-state index in [-0.39, 0.29) is 5.78 Å². The monoisotopic (exact) mass is 278 g/mol. The maximum Gasteiger partial charge on any atom is 0.194 e. The van der Waals surface area contributed by atoms with Crippen LogP contribution in [-0.4, -0.2) is 5.78 Å². The second kappa shape index (κ2) is 5.55. The molecule has 1 nitrogen and oxygen atoms in total. The van der Waals surface area contributed by atoms with Gasteiger partial charge in [-0.2, -0.15) is 0 Å². The number of carbonyl (C=O) groups excluding carboxylic acids is 1. The molecule has 0 bridgehead atoms. The molecule has 0 aliphatic rings. The van der Waals surface area contributed by atoms with Gasteiger partial charge in [-0.1, -0.05) is 54.4 Å². The molecule has 0 aromatic heterocycles. The minimum Gasteiger partial charge on any atom is -0.289 e. The summed E-state index contributed by atoms with van der Waals surface area (Å²) in [5.74, 6) is -0.106. The van der Waals surface area contributed by atoms with Crippen molar-refractivity contribution in [2.75, 3.05) is 0 Å². The van der Waals surface area contributed by atoms with Gasteiger partial charge in [0.05, 0.1) is 5.02 Å². The fraction of sp³-hybridized carbons (Fsp3) is 0.133. The van der Waals surface area contributed by atoms with Gasteiger partial charge in [0.25, 0.3) is 0 Å². The SMILES string of the molecule is CCc1ccc(C(=O)c2cc(Cl)ccc2Cl)cc1. The third-order valence-electron chi connectivity index (χ3n) is 2.80. The Balaban J connectivity index is 2.38. The molecule has 0 saturated carbocycles. The van der Waals surface area contributed by atoms with Crippen LogP contribution < -0.4 is 0 Å². The highest BCUT2D eigenvalue weighted by molar-refractivity contribution is 6.36. The van der Waals surface area contributed by atoms with Gasteiger partial charge in [0, 0.05) is 16.1 Å². The number of benzene rings is 2. The van der Waals surface area contributed by atoms with Gasteiger partial charge in [0.15, 0.2) is 5.78 Å². The first-order valence-corrected chi connectivity index (χ1v) is 6.46. The lowest BCUT2D eigenvalue weighted by molar-refractivity contribution is 0.103. The zero-order chi connectivity index (χ0) is 13.1. The maximum absolute atomic E-state index is 12.3. The molecule has 0 fully saturated rings. The number of hydrogen-bond donors (Lipinski definition) is 0. The van der Waals surface area contributed by atoms with Gasteiger partial charge >= 0.3 is 0 Å². The van der Waals surface area contributed by atoms with Gasteiger partial charge in [-0.05, 0) is 30.2 Å². The summed E-state index contributed by atoms with van der Waals surface area (Å²) in [6.45, 7) is 2.07. The van der Waals surface area contributed by atoms with E-state index in [0.29, 0.717) is 21.2 Å². The van der Waals surface area contributed by atoms with Crippen molar-refractivity contribution in [3.63, 3.8) is 0 Å². The van der Waals surface area contributed by atoms with Crippen molar-refractivity contribution in [2.24, 2.45) is 0 Å². The average molecular weight is 279 g/mol. The van der Waals surface area contributed by atoms with Gasteiger partial charge in [-0.3, -0.25) is 4.79 Å². The summed E-state index contributed by atoms with van der Waals surface area (Å²) >= 11 is 11.9. The van der Waals surface area contributed by atoms with Crippen LogP contribution in [0, 0.1) is 0 Å². The van der Waals surface area contributed by atoms with Gasteiger partial charge in [-0.25, -0.2) is 0 Å². The van der Waals surface area contributed by atoms with Gasteiger partial charge in [-0.15, -0.1) is 0 Å². The molecule has 2 rings (SSSR count). The number of aryl methyl sites for hydroxylation is 1. The summed E-state index contributed by atoms with van der Waals surface area (Å²) in [4.78, 5) is 12.3. The third kappa shape index (κ3) is 2.74. The molecule has 92 valence electrons. The van der Waals surface area contributed by atoms with Crippen LogP contribution in [0.15, 0.2) is 42.5 Å². The molecule has 0 saturated heterocycles. The molecule has 18 heavy (non-hydrogen) atoms. The second-order valence-electron chi connectivity index (χ2n) is 4.00. The molecule has 0 unspecified atom stereocenters. The molecule has 0 radical (unpaired) electrons. The summed E-state index contributed by atoms with van der Waals surface area (Å²) in [6.07, 6.45) is 0.951. The summed E-state index contributed by atoms with van der Waals surface area (Å²) < 4.78 is 0. The smallest absolute Gasteiger partial charge is 0.194 e. The van der Waals surface area contributed by atoms with Gasteiger partial charge in [0.1, 0.15) is 0 Å². The van der Waals surface area contributed by atoms with Crippen LogP contribution in [0.2, 0.25) is 10.0 Å². The minimum atomic E-state index is -0.106. The highest BCUT2D eigenvalue weighted by Gasteiger charge is 2.13. The van der Waals surface area contributed by atoms with Crippen LogP contribution in [0.1, 0.15) is 28.4 Å². The van der Waals surface area contributed by atoms with E-state index >= 15 is 0 Å². The zero-order valence-electron chi connectivity index (χ0n) is 9.91. The van der Waals surface area contributed by atoms with E-state index in [9.17, 15) is 4.79 Å². The van der Waals surface area contributed by atoms with Gasteiger partial charge in [0.2, 0.25) is 0 Å². The van der Waals surface area contributed by atoms with Crippen LogP contribution >= 0.6 is 23.2 Å². The first-order chi connectivity index (χ1) is 8.61. The fourth-order valence-electron chi connectivity index (χ4n) is 1.72. The van der Waals surface area contributed by atoms with Gasteiger partial charge < -0.3 is 0 Å². The van der Waals surface area contributed by atoms with Crippen LogP contribution in [0.4, 0.5) is 0 Å². The number of halogens is 2. The molecule has 0 aliphatic carbocycles. The third-order valence-corrected chi connectivity index (χ3v) is 3.36. The second-order valence-corrected chi connectivity index (χ2v) is 4.85. The summed E-state index contributed by atoms with van der Waals surface area (Å²) in [7, 11) is 0. The molecule has 0 aliphatic heterocycles. The molecule has 2 aromatic rings. The van der Waals surface area contributed by atoms with Crippen LogP contribution in [0.25, 0.3) is 0 Å². The molecule has 0 spiro atoms. The average Bonchev–Trinajstić information content (AvgIpc) is 2.41. The summed E-state index contributed by atoms with van der Waals surface area (Å²) in [5.41, 5.74) is 2.26. The number of ketones is 1. The summed E-state index contributed by atoms with van der Waals surface area (Å²) in [6, 6.07) is 12.4. The highest BCUT2D eigenvalue weighted by Crippen LogP contribution is 2.23. The Labute approximate surface area is 116 Å². The van der Waals surface area contributed by atoms with Crippen molar-refractivity contribution < 1.29 is 4.79 Å². The van der Waals surface area contributed by atoms with Crippen molar-refractivity contribution in [3.8, 4) is 0 Å². The molecular weight excluding hydrogens is 267 g/mol. The van der Waals surface area contributed by atoms with E-state index in [4.69, 9.17) is 23.2 Å². The molecular formula is C15H12Cl2O. The fourth-order valence-corrected chi connectivity index (χ4v) is 2.09. The quantitative estimate of drug-likeness (QED) is 0.738. The van der Waals surface area contributed by atoms with Crippen molar-refractivity contribution in [1.82, 2.24) is 0 Å². The standard InChI is InChI=1S/C15H12Cl2O/c1-2-10-3-5-11(6-4-10)15(18)13-9-12(16)7-8-14(13)17/h3-9H,2H2,1H3. The van der Waals surface area contributed by atoms with E-state index < -0.39 is 0 Å². The Morgan fingerprint density at radius 1 is 1.06 bits per heavy atom. The first-order valence-electron chi connectivity index (χ1n) is 5.70. The predicted molar refractivity (Wildman–Crippen MR) is 75.7 cm³/mol. The predicted octanol–water partition coefficient (Wildman–Crippen LogP) is 4.79. The Bertz CT molecular complexity index is 574. The van der Waals surface area contributed by atoms with Crippen molar-refractivity contribution in [2.45, 2.75) is 13.3 Å². The minimum absolute atomic E-state index is 0.106. The normalized spacial score (nSPS) is 10.4. The van der Waals surface area contributed by atoms with E-state index in [1.165, 1.54) is 5.56 Å². The molecule has 0 heterocycles. The van der Waals surface area contributed by atoms with Crippen molar-refractivity contribution in [3.05, 3.63) is 69.2 Å². The number of hydrogen-bond acceptors (Lipinski definition) is 1. The van der Waals surface area contributed by atoms with Crippen molar-refractivity contribution in [1.29, 1.82) is 0 Å². The van der Waals surface area contributed by atoms with Crippen LogP contribution in [-0.2, 0) is 6.42 Å². The Kier molecular flexibility index (Phi) is 4.05. The van der Waals surface area contributed by atoms with E-state index in [2.05, 4.69) is 6.92 Å². The van der Waals surface area contributed by atoms with E-state index in [1.807, 2.05) is 24.3 Å². The molecule has 2 aromatic carbocycles.